The molecule has 0 spiro atoms. The minimum Gasteiger partial charge on any atom is -0.367 e. The molecule has 2 heterocycles. The van der Waals surface area contributed by atoms with Crippen LogP contribution < -0.4 is 4.90 Å². The van der Waals surface area contributed by atoms with Crippen molar-refractivity contribution < 1.29 is 4.39 Å². The molecule has 2 saturated heterocycles. The molecule has 4 nitrogen and oxygen atoms in total. The lowest BCUT2D eigenvalue weighted by atomic mass is 10.0. The van der Waals surface area contributed by atoms with E-state index >= 15 is 0 Å². The summed E-state index contributed by atoms with van der Waals surface area (Å²) in [4.78, 5) is 7.08. The van der Waals surface area contributed by atoms with Gasteiger partial charge >= 0.3 is 0 Å². The first-order chi connectivity index (χ1) is 11.2. The average Bonchev–Trinajstić information content (AvgIpc) is 2.58. The van der Waals surface area contributed by atoms with Crippen LogP contribution in [-0.2, 0) is 0 Å². The summed E-state index contributed by atoms with van der Waals surface area (Å²) in [7, 11) is 2.23. The van der Waals surface area contributed by atoms with Crippen molar-refractivity contribution in [3.63, 3.8) is 0 Å². The van der Waals surface area contributed by atoms with Gasteiger partial charge in [0.05, 0.1) is 17.3 Å². The molecule has 2 aliphatic heterocycles. The smallest absolute Gasteiger partial charge is 0.147 e. The van der Waals surface area contributed by atoms with Gasteiger partial charge in [-0.3, -0.25) is 4.90 Å². The van der Waals surface area contributed by atoms with Crippen LogP contribution in [0.15, 0.2) is 18.2 Å². The number of likely N-dealkylation sites (N-methyl/N-ethyl adjacent to an activating group) is 1. The maximum atomic E-state index is 14.1. The van der Waals surface area contributed by atoms with Crippen LogP contribution in [0.5, 0.6) is 0 Å². The Morgan fingerprint density at radius 1 is 1.17 bits per heavy atom. The largest absolute Gasteiger partial charge is 0.367 e. The summed E-state index contributed by atoms with van der Waals surface area (Å²) >= 11 is 0. The van der Waals surface area contributed by atoms with Gasteiger partial charge in [-0.1, -0.05) is 6.42 Å². The second-order valence-corrected chi connectivity index (χ2v) is 6.70. The number of hydrogen-bond acceptors (Lipinski definition) is 4. The first kappa shape index (κ1) is 16.2. The Kier molecular flexibility index (Phi) is 5.14. The third-order valence-corrected chi connectivity index (χ3v) is 5.18. The fourth-order valence-corrected chi connectivity index (χ4v) is 3.68. The SMILES string of the molecule is CN1CCCC[C@H]1CN1CCN(c2ccc(C#N)cc2F)CC1. The molecule has 3 rings (SSSR count). The summed E-state index contributed by atoms with van der Waals surface area (Å²) in [5, 5.41) is 8.83. The predicted molar refractivity (Wildman–Crippen MR) is 90.0 cm³/mol. The van der Waals surface area contributed by atoms with E-state index in [0.29, 0.717) is 17.3 Å². The van der Waals surface area contributed by atoms with Crippen molar-refractivity contribution in [2.75, 3.05) is 51.2 Å². The van der Waals surface area contributed by atoms with E-state index in [-0.39, 0.29) is 5.82 Å². The maximum absolute atomic E-state index is 14.1. The second-order valence-electron chi connectivity index (χ2n) is 6.70. The van der Waals surface area contributed by atoms with Gasteiger partial charge in [-0.15, -0.1) is 0 Å². The molecule has 0 N–H and O–H groups in total. The molecule has 2 fully saturated rings. The lowest BCUT2D eigenvalue weighted by Crippen LogP contribution is -2.52. The summed E-state index contributed by atoms with van der Waals surface area (Å²) in [5.74, 6) is -0.287. The highest BCUT2D eigenvalue weighted by Crippen LogP contribution is 2.23. The van der Waals surface area contributed by atoms with Gasteiger partial charge in [0.2, 0.25) is 0 Å². The molecule has 23 heavy (non-hydrogen) atoms. The van der Waals surface area contributed by atoms with Gasteiger partial charge in [0.1, 0.15) is 5.82 Å². The summed E-state index contributed by atoms with van der Waals surface area (Å²) in [6.45, 7) is 5.98. The molecule has 5 heteroatoms. The van der Waals surface area contributed by atoms with Crippen LogP contribution in [0.1, 0.15) is 24.8 Å². The Bertz CT molecular complexity index is 575. The number of likely N-dealkylation sites (tertiary alicyclic amines) is 1. The highest BCUT2D eigenvalue weighted by Gasteiger charge is 2.25. The van der Waals surface area contributed by atoms with Gasteiger partial charge in [-0.05, 0) is 44.6 Å². The number of anilines is 1. The van der Waals surface area contributed by atoms with Gasteiger partial charge in [-0.25, -0.2) is 4.39 Å². The Morgan fingerprint density at radius 2 is 1.96 bits per heavy atom. The fraction of sp³-hybridized carbons (Fsp3) is 0.611. The minimum absolute atomic E-state index is 0.287. The molecule has 0 radical (unpaired) electrons. The molecule has 2 aliphatic rings. The summed E-state index contributed by atoms with van der Waals surface area (Å²) < 4.78 is 14.1. The average molecular weight is 316 g/mol. The minimum atomic E-state index is -0.287. The molecule has 1 aromatic carbocycles. The number of hydrogen-bond donors (Lipinski definition) is 0. The van der Waals surface area contributed by atoms with E-state index < -0.39 is 0 Å². The van der Waals surface area contributed by atoms with Crippen LogP contribution >= 0.6 is 0 Å². The van der Waals surface area contributed by atoms with Crippen LogP contribution in [0.2, 0.25) is 0 Å². The summed E-state index contributed by atoms with van der Waals surface area (Å²) in [5.41, 5.74) is 1.00. The van der Waals surface area contributed by atoms with E-state index in [1.807, 2.05) is 6.07 Å². The number of benzene rings is 1. The van der Waals surface area contributed by atoms with E-state index in [2.05, 4.69) is 21.7 Å². The van der Waals surface area contributed by atoms with Crippen LogP contribution in [-0.4, -0.2) is 62.2 Å². The lowest BCUT2D eigenvalue weighted by molar-refractivity contribution is 0.124. The van der Waals surface area contributed by atoms with E-state index in [4.69, 9.17) is 5.26 Å². The summed E-state index contributed by atoms with van der Waals surface area (Å²) in [6, 6.07) is 7.41. The zero-order valence-corrected chi connectivity index (χ0v) is 13.8. The third kappa shape index (κ3) is 3.82. The third-order valence-electron chi connectivity index (χ3n) is 5.18. The number of nitriles is 1. The first-order valence-corrected chi connectivity index (χ1v) is 8.54. The van der Waals surface area contributed by atoms with E-state index in [0.717, 1.165) is 32.7 Å². The highest BCUT2D eigenvalue weighted by atomic mass is 19.1. The van der Waals surface area contributed by atoms with Crippen molar-refractivity contribution in [1.29, 1.82) is 5.26 Å². The predicted octanol–water partition coefficient (Wildman–Crippen LogP) is 2.30. The number of piperazine rings is 1. The van der Waals surface area contributed by atoms with E-state index in [9.17, 15) is 4.39 Å². The number of piperidine rings is 1. The Labute approximate surface area is 138 Å². The Hall–Kier alpha value is -1.64. The highest BCUT2D eigenvalue weighted by molar-refractivity contribution is 5.51. The maximum Gasteiger partial charge on any atom is 0.147 e. The molecular weight excluding hydrogens is 291 g/mol. The fourth-order valence-electron chi connectivity index (χ4n) is 3.68. The van der Waals surface area contributed by atoms with Gasteiger partial charge in [0.25, 0.3) is 0 Å². The molecule has 0 aliphatic carbocycles. The number of halogens is 1. The second kappa shape index (κ2) is 7.29. The molecule has 0 saturated carbocycles. The van der Waals surface area contributed by atoms with Gasteiger partial charge in [-0.2, -0.15) is 5.26 Å². The molecule has 0 aromatic heterocycles. The molecular formula is C18H25FN4. The van der Waals surface area contributed by atoms with Crippen molar-refractivity contribution in [2.45, 2.75) is 25.3 Å². The Balaban J connectivity index is 1.55. The normalized spacial score (nSPS) is 23.7. The quantitative estimate of drug-likeness (QED) is 0.857. The molecule has 0 unspecified atom stereocenters. The number of rotatable bonds is 3. The van der Waals surface area contributed by atoms with Crippen molar-refractivity contribution in [2.24, 2.45) is 0 Å². The first-order valence-electron chi connectivity index (χ1n) is 8.54. The van der Waals surface area contributed by atoms with Crippen LogP contribution in [0.3, 0.4) is 0 Å². The molecule has 124 valence electrons. The standard InChI is InChI=1S/C18H25FN4/c1-21-7-3-2-4-16(21)14-22-8-10-23(11-9-22)18-6-5-15(13-20)12-17(18)19/h5-6,12,16H,2-4,7-11,14H2,1H3/t16-/m0/s1. The van der Waals surface area contributed by atoms with Crippen molar-refractivity contribution in [3.05, 3.63) is 29.6 Å². The lowest BCUT2D eigenvalue weighted by Gasteiger charge is -2.40. The van der Waals surface area contributed by atoms with Crippen molar-refractivity contribution in [1.82, 2.24) is 9.80 Å². The monoisotopic (exact) mass is 316 g/mol. The Morgan fingerprint density at radius 3 is 2.61 bits per heavy atom. The van der Waals surface area contributed by atoms with Gasteiger partial charge in [0.15, 0.2) is 0 Å². The topological polar surface area (TPSA) is 33.5 Å². The van der Waals surface area contributed by atoms with E-state index in [1.165, 1.54) is 31.9 Å². The van der Waals surface area contributed by atoms with Crippen LogP contribution in [0, 0.1) is 17.1 Å². The van der Waals surface area contributed by atoms with Crippen LogP contribution in [0.4, 0.5) is 10.1 Å². The molecule has 0 bridgehead atoms. The van der Waals surface area contributed by atoms with Gasteiger partial charge < -0.3 is 9.80 Å². The molecule has 0 amide bonds. The van der Waals surface area contributed by atoms with E-state index in [1.54, 1.807) is 12.1 Å². The molecule has 1 aromatic rings. The van der Waals surface area contributed by atoms with Crippen LogP contribution in [0.25, 0.3) is 0 Å². The zero-order chi connectivity index (χ0) is 16.2. The molecule has 1 atom stereocenters. The number of nitrogens with zero attached hydrogens (tertiary/aromatic N) is 4. The van der Waals surface area contributed by atoms with Crippen molar-refractivity contribution >= 4 is 5.69 Å². The zero-order valence-electron chi connectivity index (χ0n) is 13.8. The summed E-state index contributed by atoms with van der Waals surface area (Å²) in [6.07, 6.45) is 3.95. The van der Waals surface area contributed by atoms with Crippen molar-refractivity contribution in [3.8, 4) is 6.07 Å². The van der Waals surface area contributed by atoms with Gasteiger partial charge in [0, 0.05) is 38.8 Å².